The van der Waals surface area contributed by atoms with E-state index >= 15 is 0 Å². The molecule has 0 aliphatic heterocycles. The molecule has 4 N–H and O–H groups in total. The Morgan fingerprint density at radius 2 is 0.512 bits per heavy atom. The summed E-state index contributed by atoms with van der Waals surface area (Å²) in [6.45, 7) is 16.8. The lowest BCUT2D eigenvalue weighted by atomic mass is 9.68. The van der Waals surface area contributed by atoms with E-state index in [1.165, 1.54) is 78.0 Å². The average molecular weight is 1090 g/mol. The van der Waals surface area contributed by atoms with Gasteiger partial charge in [0.1, 0.15) is 23.0 Å². The lowest BCUT2D eigenvalue weighted by molar-refractivity contribution is 0.473. The molecule has 0 heterocycles. The molecule has 0 spiro atoms. The number of rotatable bonds is 5. The lowest BCUT2D eigenvalue weighted by Gasteiger charge is -2.33. The first kappa shape index (κ1) is 65.7. The van der Waals surface area contributed by atoms with Gasteiger partial charge in [-0.2, -0.15) is 0 Å². The Morgan fingerprint density at radius 1 is 0.305 bits per heavy atom. The van der Waals surface area contributed by atoms with Crippen molar-refractivity contribution >= 4 is 21.5 Å². The zero-order valence-corrected chi connectivity index (χ0v) is 46.2. The zero-order chi connectivity index (χ0) is 55.4. The second kappa shape index (κ2) is 29.6. The van der Waals surface area contributed by atoms with E-state index < -0.39 is 10.8 Å². The molecule has 0 aromatic heterocycles. The van der Waals surface area contributed by atoms with Crippen molar-refractivity contribution in [1.82, 2.24) is 0 Å². The second-order valence-electron chi connectivity index (χ2n) is 19.5. The summed E-state index contributed by atoms with van der Waals surface area (Å²) in [6, 6.07) is 83.3. The summed E-state index contributed by atoms with van der Waals surface area (Å²) in [5.74, 6) is 1.54. The number of hydrogen-bond acceptors (Lipinski definition) is 4. The molecule has 13 rings (SSSR count). The van der Waals surface area contributed by atoms with Crippen molar-refractivity contribution in [2.24, 2.45) is 0 Å². The largest absolute Gasteiger partial charge is 0.508 e. The predicted octanol–water partition coefficient (Wildman–Crippen LogP) is 22.1. The van der Waals surface area contributed by atoms with Crippen LogP contribution in [0.25, 0.3) is 43.8 Å². The van der Waals surface area contributed by atoms with Gasteiger partial charge in [-0.15, -0.1) is 0 Å². The Bertz CT molecular complexity index is 3300. The molecule has 11 aromatic rings. The van der Waals surface area contributed by atoms with Crippen molar-refractivity contribution in [1.29, 1.82) is 0 Å². The van der Waals surface area contributed by atoms with Gasteiger partial charge in [0.05, 0.1) is 10.8 Å². The Balaban J connectivity index is 0.000000250. The van der Waals surface area contributed by atoms with Gasteiger partial charge in [-0.3, -0.25) is 0 Å². The monoisotopic (exact) mass is 1090 g/mol. The van der Waals surface area contributed by atoms with E-state index in [4.69, 9.17) is 0 Å². The van der Waals surface area contributed by atoms with Crippen LogP contribution < -0.4 is 0 Å². The smallest absolute Gasteiger partial charge is 0.115 e. The number of fused-ring (bicyclic) bond motifs is 8. The molecule has 0 atom stereocenters. The van der Waals surface area contributed by atoms with E-state index in [1.807, 2.05) is 76.2 Å². The van der Waals surface area contributed by atoms with E-state index in [9.17, 15) is 20.4 Å². The lowest BCUT2D eigenvalue weighted by Crippen LogP contribution is -2.28. The van der Waals surface area contributed by atoms with Crippen LogP contribution in [0.4, 0.5) is 0 Å². The highest BCUT2D eigenvalue weighted by Crippen LogP contribution is 2.58. The number of hydrogen-bond donors (Lipinski definition) is 4. The summed E-state index contributed by atoms with van der Waals surface area (Å²) in [7, 11) is 0. The molecule has 0 fully saturated rings. The third kappa shape index (κ3) is 12.2. The molecule has 4 nitrogen and oxygen atoms in total. The fourth-order valence-corrected chi connectivity index (χ4v) is 11.6. The van der Waals surface area contributed by atoms with Crippen molar-refractivity contribution in [3.63, 3.8) is 0 Å². The summed E-state index contributed by atoms with van der Waals surface area (Å²) in [5, 5.41) is 44.9. The maximum absolute atomic E-state index is 9.85. The molecular formula is C78H88O4. The zero-order valence-electron chi connectivity index (χ0n) is 46.2. The Morgan fingerprint density at radius 3 is 0.744 bits per heavy atom. The SMILES string of the molecule is C.C.C.C.CC.CC.CC(C)c1c2ccccc2cc2ccccc12.CCC.Oc1ccc(C2(c3ccc(O)cc3)c3ccccc3-c3ccccc32)cc1.Oc1ccc(C2(c3ccc(O)cc3)c3ccccc3-c3ccccc32)cc1. The standard InChI is InChI=1S/2C25H18O2.C17H16.C3H8.2C2H6.4CH4/c2*26-19-13-9-17(10-14-19)25(18-11-15-20(27)16-12-18)23-7-3-1-5-21(23)22-6-2-4-8-24(22)25;1-12(2)17-15-9-5-3-7-13(15)11-14-8-4-6-10-16(14)17;1-3-2;2*1-2;;;;/h2*1-16,26-27H;3-12H,1-2H3;3H2,1-2H3;2*1-2H3;4*1H4. The molecule has 2 aliphatic rings. The van der Waals surface area contributed by atoms with Gasteiger partial charge in [-0.25, -0.2) is 0 Å². The molecule has 4 heteroatoms. The molecule has 0 unspecified atom stereocenters. The normalized spacial score (nSPS) is 11.8. The van der Waals surface area contributed by atoms with Gasteiger partial charge in [-0.1, -0.05) is 286 Å². The fraction of sp³-hybridized carbons (Fsp3) is 0.205. The van der Waals surface area contributed by atoms with Gasteiger partial charge < -0.3 is 20.4 Å². The Labute approximate surface area is 491 Å². The molecule has 2 aliphatic carbocycles. The summed E-state index contributed by atoms with van der Waals surface area (Å²) in [5.41, 5.74) is 14.5. The molecule has 424 valence electrons. The van der Waals surface area contributed by atoms with Gasteiger partial charge in [0.25, 0.3) is 0 Å². The van der Waals surface area contributed by atoms with Crippen molar-refractivity contribution in [3.8, 4) is 45.3 Å². The van der Waals surface area contributed by atoms with Gasteiger partial charge in [0.15, 0.2) is 0 Å². The van der Waals surface area contributed by atoms with Crippen molar-refractivity contribution in [3.05, 3.63) is 299 Å². The fourth-order valence-electron chi connectivity index (χ4n) is 11.6. The number of benzene rings is 11. The van der Waals surface area contributed by atoms with Crippen LogP contribution in [0.2, 0.25) is 0 Å². The summed E-state index contributed by atoms with van der Waals surface area (Å²) in [6.07, 6.45) is 1.25. The van der Waals surface area contributed by atoms with E-state index in [0.29, 0.717) is 5.92 Å². The highest BCUT2D eigenvalue weighted by molar-refractivity contribution is 6.02. The second-order valence-corrected chi connectivity index (χ2v) is 19.5. The molecule has 0 bridgehead atoms. The molecule has 0 amide bonds. The van der Waals surface area contributed by atoms with E-state index in [-0.39, 0.29) is 52.7 Å². The first-order valence-corrected chi connectivity index (χ1v) is 27.6. The number of phenols is 4. The summed E-state index contributed by atoms with van der Waals surface area (Å²) >= 11 is 0. The van der Waals surface area contributed by atoms with Crippen LogP contribution in [0.1, 0.15) is 148 Å². The summed E-state index contributed by atoms with van der Waals surface area (Å²) < 4.78 is 0. The van der Waals surface area contributed by atoms with Gasteiger partial charge >= 0.3 is 0 Å². The molecule has 82 heavy (non-hydrogen) atoms. The molecule has 0 saturated carbocycles. The Hall–Kier alpha value is -8.86. The predicted molar refractivity (Wildman–Crippen MR) is 355 cm³/mol. The van der Waals surface area contributed by atoms with Crippen molar-refractivity contribution < 1.29 is 20.4 Å². The highest BCUT2D eigenvalue weighted by atomic mass is 16.3. The topological polar surface area (TPSA) is 80.9 Å². The summed E-state index contributed by atoms with van der Waals surface area (Å²) in [4.78, 5) is 0. The average Bonchev–Trinajstić information content (AvgIpc) is 2.95. The van der Waals surface area contributed by atoms with Crippen LogP contribution in [0, 0.1) is 0 Å². The molecule has 0 saturated heterocycles. The first-order chi connectivity index (χ1) is 38.1. The minimum Gasteiger partial charge on any atom is -0.508 e. The third-order valence-corrected chi connectivity index (χ3v) is 14.5. The minimum atomic E-state index is -0.491. The maximum atomic E-state index is 9.85. The Kier molecular flexibility index (Phi) is 23.7. The van der Waals surface area contributed by atoms with E-state index in [0.717, 1.165) is 22.3 Å². The molecule has 0 radical (unpaired) electrons. The van der Waals surface area contributed by atoms with E-state index in [1.54, 1.807) is 48.5 Å². The van der Waals surface area contributed by atoms with Gasteiger partial charge in [-0.05, 0) is 154 Å². The van der Waals surface area contributed by atoms with Crippen LogP contribution in [0.3, 0.4) is 0 Å². The molecular weight excluding hydrogens is 1000 g/mol. The van der Waals surface area contributed by atoms with Gasteiger partial charge in [0, 0.05) is 0 Å². The van der Waals surface area contributed by atoms with Crippen LogP contribution in [0.5, 0.6) is 23.0 Å². The third-order valence-electron chi connectivity index (χ3n) is 14.5. The van der Waals surface area contributed by atoms with Crippen LogP contribution in [-0.2, 0) is 10.8 Å². The molecule has 11 aromatic carbocycles. The van der Waals surface area contributed by atoms with Crippen LogP contribution in [-0.4, -0.2) is 20.4 Å². The van der Waals surface area contributed by atoms with Crippen molar-refractivity contribution in [2.45, 2.75) is 108 Å². The van der Waals surface area contributed by atoms with Gasteiger partial charge in [0.2, 0.25) is 0 Å². The van der Waals surface area contributed by atoms with Crippen molar-refractivity contribution in [2.75, 3.05) is 0 Å². The number of aromatic hydroxyl groups is 4. The maximum Gasteiger partial charge on any atom is 0.115 e. The van der Waals surface area contributed by atoms with Crippen LogP contribution >= 0.6 is 0 Å². The minimum absolute atomic E-state index is 0. The number of phenolic OH excluding ortho intramolecular Hbond substituents is 4. The highest BCUT2D eigenvalue weighted by Gasteiger charge is 2.47. The van der Waals surface area contributed by atoms with Crippen LogP contribution in [0.15, 0.2) is 249 Å². The first-order valence-electron chi connectivity index (χ1n) is 27.6. The quantitative estimate of drug-likeness (QED) is 0.130. The van der Waals surface area contributed by atoms with E-state index in [2.05, 4.69) is 179 Å².